The predicted octanol–water partition coefficient (Wildman–Crippen LogP) is 3.65. The second-order valence-corrected chi connectivity index (χ2v) is 19.7. The van der Waals surface area contributed by atoms with Crippen LogP contribution in [-0.4, -0.2) is 39.9 Å². The van der Waals surface area contributed by atoms with Crippen LogP contribution >= 0.6 is 0 Å². The van der Waals surface area contributed by atoms with Crippen LogP contribution in [0.25, 0.3) is 155 Å². The van der Waals surface area contributed by atoms with E-state index in [4.69, 9.17) is 39.9 Å². The molecule has 0 radical (unpaired) electrons. The van der Waals surface area contributed by atoms with Gasteiger partial charge in [0.25, 0.3) is 22.1 Å². The average Bonchev–Trinajstić information content (AvgIpc) is 3.97. The summed E-state index contributed by atoms with van der Waals surface area (Å²) in [5.41, 5.74) is 23.1. The Labute approximate surface area is 400 Å². The van der Waals surface area contributed by atoms with Crippen LogP contribution in [0.1, 0.15) is 0 Å². The molecule has 2 unspecified atom stereocenters. The first kappa shape index (κ1) is 34.1. The monoisotopic (exact) mass is 922 g/mol. The molecule has 21 rings (SSSR count). The Kier molecular flexibility index (Phi) is 4.98. The number of rotatable bonds is 0. The lowest BCUT2D eigenvalue weighted by Crippen LogP contribution is -2.98. The highest BCUT2D eigenvalue weighted by Crippen LogP contribution is 2.48. The molecule has 16 heteroatoms. The Bertz CT molecular complexity index is 5110. The van der Waals surface area contributed by atoms with Crippen LogP contribution in [0.3, 0.4) is 0 Å². The highest BCUT2D eigenvalue weighted by Gasteiger charge is 2.85. The second kappa shape index (κ2) is 10.5. The van der Waals surface area contributed by atoms with Crippen LogP contribution in [0.5, 0.6) is 0 Å². The van der Waals surface area contributed by atoms with Crippen molar-refractivity contribution < 1.29 is 36.5 Å². The zero-order valence-electron chi connectivity index (χ0n) is 37.2. The summed E-state index contributed by atoms with van der Waals surface area (Å²) < 4.78 is 19.9. The van der Waals surface area contributed by atoms with Crippen LogP contribution in [0.15, 0.2) is 159 Å². The molecule has 0 N–H and O–H groups in total. The second-order valence-electron chi connectivity index (χ2n) is 19.7. The molecular weight excluding hydrogens is 897 g/mol. The molecule has 16 heterocycles. The first-order valence-corrected chi connectivity index (χ1v) is 24.0. The Morgan fingerprint density at radius 2 is 0.556 bits per heavy atom. The smallest absolute Gasteiger partial charge is 0.253 e. The number of pyridine rings is 4. The molecule has 6 aliphatic heterocycles. The van der Waals surface area contributed by atoms with Gasteiger partial charge in [-0.15, -0.1) is 0 Å². The van der Waals surface area contributed by atoms with E-state index in [1.165, 1.54) is 0 Å². The van der Waals surface area contributed by atoms with E-state index in [0.717, 1.165) is 155 Å². The molecule has 0 fully saturated rings. The van der Waals surface area contributed by atoms with E-state index in [-0.39, 0.29) is 0 Å². The van der Waals surface area contributed by atoms with Crippen LogP contribution in [0, 0.1) is 0 Å². The summed E-state index contributed by atoms with van der Waals surface area (Å²) in [6.07, 6.45) is 23.5. The van der Waals surface area contributed by atoms with Gasteiger partial charge in [0.1, 0.15) is 33.2 Å². The zero-order valence-corrected chi connectivity index (χ0v) is 37.2. The molecule has 2 spiro atoms. The minimum absolute atomic E-state index is 0.798. The first-order valence-electron chi connectivity index (χ1n) is 24.0. The summed E-state index contributed by atoms with van der Waals surface area (Å²) in [4.78, 5) is 40.9. The Balaban J connectivity index is 1.01. The van der Waals surface area contributed by atoms with Gasteiger partial charge >= 0.3 is 33.9 Å². The van der Waals surface area contributed by atoms with Crippen molar-refractivity contribution in [1.82, 2.24) is 39.9 Å². The number of hydrogen-bond donors (Lipinski definition) is 0. The minimum Gasteiger partial charge on any atom is -0.253 e. The molecule has 0 aliphatic carbocycles. The van der Waals surface area contributed by atoms with Gasteiger partial charge in [0.05, 0.1) is 57.4 Å². The predicted molar refractivity (Wildman–Crippen MR) is 256 cm³/mol. The van der Waals surface area contributed by atoms with Gasteiger partial charge in [-0.2, -0.15) is 0 Å². The SMILES string of the molecule is c1cnc2c3c4c(cc2n1)ncc[n+]4C12[n+]4ccnc5c6c7c(ncc[n+]7C78[n+]9ccnc%10cc%11nccnc%11c(c%109)-c9ccc%10ccc%11ccc-6[n+]7c%11c%10[n+]98)c(c54)-c4ccc5ccc6ccc-3[n+]1c6c5[n+]42. The van der Waals surface area contributed by atoms with Crippen molar-refractivity contribution in [1.29, 1.82) is 0 Å². The number of hydrogen-bond acceptors (Lipinski definition) is 8. The topological polar surface area (TPSA) is 134 Å². The van der Waals surface area contributed by atoms with Gasteiger partial charge in [0.2, 0.25) is 47.6 Å². The van der Waals surface area contributed by atoms with Gasteiger partial charge in [0.15, 0.2) is 22.2 Å². The fraction of sp³-hybridized carbons (Fsp3) is 0.0357. The standard InChI is InChI=1S/C56H26N16/c1-3-29-7-11-37-41-45-54-42(46-53(41)67(23-19-63-46)55-65-21-17-59-33-25-31-43(61-15-13-57-31)39(51(33)65)35-9-5-27(1)47(69(35)55)49(29)71(37)55)38-12-8-30-4-2-28-6-10-36-40-44-32(58-14-16-62-44)26-34-52(40)66(22-18-60-34)56(68(54)24-20-64-45)70(36)48(28)50(30)72(38)56/h1-26H/q+8. The fourth-order valence-corrected chi connectivity index (χ4v) is 14.7. The Hall–Kier alpha value is -10.2. The van der Waals surface area contributed by atoms with Gasteiger partial charge in [-0.1, -0.05) is 0 Å². The third kappa shape index (κ3) is 3.11. The molecule has 0 saturated heterocycles. The van der Waals surface area contributed by atoms with Crippen molar-refractivity contribution in [2.24, 2.45) is 0 Å². The Morgan fingerprint density at radius 1 is 0.264 bits per heavy atom. The quantitative estimate of drug-likeness (QED) is 0.128. The molecule has 6 aliphatic rings. The average molecular weight is 923 g/mol. The third-order valence-electron chi connectivity index (χ3n) is 17.0. The number of fused-ring (bicyclic) bond motifs is 10. The van der Waals surface area contributed by atoms with Gasteiger partial charge in [-0.25, -0.2) is 19.9 Å². The summed E-state index contributed by atoms with van der Waals surface area (Å²) in [5, 5.41) is 4.52. The van der Waals surface area contributed by atoms with Crippen molar-refractivity contribution >= 4 is 110 Å². The molecule has 5 aromatic carbocycles. The maximum absolute atomic E-state index is 5.55. The van der Waals surface area contributed by atoms with E-state index in [1.54, 1.807) is 24.8 Å². The van der Waals surface area contributed by atoms with E-state index in [9.17, 15) is 0 Å². The van der Waals surface area contributed by atoms with E-state index < -0.39 is 11.8 Å². The lowest BCUT2D eigenvalue weighted by molar-refractivity contribution is -1.29. The lowest BCUT2D eigenvalue weighted by atomic mass is 9.93. The molecular formula is C56H26N16+8. The molecule has 322 valence electrons. The van der Waals surface area contributed by atoms with E-state index in [1.807, 2.05) is 24.8 Å². The van der Waals surface area contributed by atoms with Crippen molar-refractivity contribution in [3.05, 3.63) is 159 Å². The van der Waals surface area contributed by atoms with Crippen molar-refractivity contribution in [2.45, 2.75) is 11.8 Å². The van der Waals surface area contributed by atoms with E-state index in [2.05, 4.69) is 146 Å². The third-order valence-corrected chi connectivity index (χ3v) is 17.0. The molecule has 0 saturated carbocycles. The molecule has 0 amide bonds. The number of nitrogens with zero attached hydrogens (tertiary/aromatic N) is 16. The summed E-state index contributed by atoms with van der Waals surface area (Å²) in [6.45, 7) is 0. The summed E-state index contributed by atoms with van der Waals surface area (Å²) in [6, 6.07) is 31.3. The van der Waals surface area contributed by atoms with E-state index >= 15 is 0 Å². The molecule has 15 aromatic rings. The van der Waals surface area contributed by atoms with Crippen LogP contribution in [-0.2, 0) is 11.8 Å². The van der Waals surface area contributed by atoms with Crippen LogP contribution < -0.4 is 36.5 Å². The first-order chi connectivity index (χ1) is 35.7. The molecule has 72 heavy (non-hydrogen) atoms. The van der Waals surface area contributed by atoms with E-state index in [0.29, 0.717) is 0 Å². The number of aromatic nitrogens is 16. The maximum Gasteiger partial charge on any atom is 0.770 e. The van der Waals surface area contributed by atoms with Crippen LogP contribution in [0.2, 0.25) is 0 Å². The van der Waals surface area contributed by atoms with Crippen molar-refractivity contribution in [3.8, 4) is 45.0 Å². The molecule has 0 bridgehead atoms. The molecule has 16 nitrogen and oxygen atoms in total. The molecule has 2 atom stereocenters. The minimum atomic E-state index is -1.05. The van der Waals surface area contributed by atoms with Gasteiger partial charge < -0.3 is 0 Å². The van der Waals surface area contributed by atoms with Crippen LogP contribution in [0.4, 0.5) is 0 Å². The highest BCUT2D eigenvalue weighted by molar-refractivity contribution is 6.15. The van der Waals surface area contributed by atoms with Crippen molar-refractivity contribution in [2.75, 3.05) is 0 Å². The summed E-state index contributed by atoms with van der Waals surface area (Å²) in [5.74, 6) is -2.10. The molecule has 10 aromatic heterocycles. The fourth-order valence-electron chi connectivity index (χ4n) is 14.7. The largest absolute Gasteiger partial charge is 0.770 e. The number of benzene rings is 5. The van der Waals surface area contributed by atoms with Gasteiger partial charge in [-0.05, 0) is 60.7 Å². The van der Waals surface area contributed by atoms with Crippen molar-refractivity contribution in [3.63, 3.8) is 0 Å². The Morgan fingerprint density at radius 3 is 0.944 bits per heavy atom. The zero-order chi connectivity index (χ0) is 45.8. The summed E-state index contributed by atoms with van der Waals surface area (Å²) in [7, 11) is 0. The maximum atomic E-state index is 5.55. The normalized spacial score (nSPS) is 18.1. The lowest BCUT2D eigenvalue weighted by Gasteiger charge is -2.24. The van der Waals surface area contributed by atoms with Gasteiger partial charge in [0, 0.05) is 85.6 Å². The van der Waals surface area contributed by atoms with Gasteiger partial charge in [-0.3, -0.25) is 19.9 Å². The summed E-state index contributed by atoms with van der Waals surface area (Å²) >= 11 is 0. The highest BCUT2D eigenvalue weighted by atomic mass is 15.6.